The van der Waals surface area contributed by atoms with Gasteiger partial charge >= 0.3 is 0 Å². The Morgan fingerprint density at radius 2 is 1.94 bits per heavy atom. The highest BCUT2D eigenvalue weighted by molar-refractivity contribution is 5.65. The molecule has 1 rings (SSSR count). The van der Waals surface area contributed by atoms with Crippen molar-refractivity contribution in [2.75, 3.05) is 38.7 Å². The molecule has 4 heteroatoms. The SMILES string of the molecule is CN(C)C/C=C\COc1ccc(N)c(N)c1. The third-order valence-electron chi connectivity index (χ3n) is 2.04. The zero-order chi connectivity index (χ0) is 12.0. The Morgan fingerprint density at radius 3 is 2.56 bits per heavy atom. The fraction of sp³-hybridized carbons (Fsp3) is 0.333. The van der Waals surface area contributed by atoms with Crippen LogP contribution in [0.4, 0.5) is 11.4 Å². The van der Waals surface area contributed by atoms with Gasteiger partial charge in [0.25, 0.3) is 0 Å². The van der Waals surface area contributed by atoms with Gasteiger partial charge in [-0.05, 0) is 26.2 Å². The summed E-state index contributed by atoms with van der Waals surface area (Å²) in [5, 5.41) is 0. The van der Waals surface area contributed by atoms with Gasteiger partial charge in [-0.2, -0.15) is 0 Å². The van der Waals surface area contributed by atoms with Gasteiger partial charge in [-0.15, -0.1) is 0 Å². The van der Waals surface area contributed by atoms with Gasteiger partial charge in [-0.3, -0.25) is 0 Å². The predicted molar refractivity (Wildman–Crippen MR) is 68.5 cm³/mol. The minimum Gasteiger partial charge on any atom is -0.489 e. The molecular weight excluding hydrogens is 202 g/mol. The Kier molecular flexibility index (Phi) is 4.66. The van der Waals surface area contributed by atoms with Gasteiger partial charge < -0.3 is 21.1 Å². The summed E-state index contributed by atoms with van der Waals surface area (Å²) >= 11 is 0. The van der Waals surface area contributed by atoms with Crippen LogP contribution in [0.3, 0.4) is 0 Å². The zero-order valence-electron chi connectivity index (χ0n) is 9.81. The van der Waals surface area contributed by atoms with E-state index in [0.29, 0.717) is 18.0 Å². The van der Waals surface area contributed by atoms with E-state index in [-0.39, 0.29) is 0 Å². The summed E-state index contributed by atoms with van der Waals surface area (Å²) in [7, 11) is 4.04. The molecule has 88 valence electrons. The van der Waals surface area contributed by atoms with Crippen LogP contribution < -0.4 is 16.2 Å². The number of ether oxygens (including phenoxy) is 1. The molecule has 0 heterocycles. The number of rotatable bonds is 5. The summed E-state index contributed by atoms with van der Waals surface area (Å²) in [6.07, 6.45) is 4.03. The first-order valence-electron chi connectivity index (χ1n) is 5.17. The molecule has 4 N–H and O–H groups in total. The van der Waals surface area contributed by atoms with Gasteiger partial charge in [0.2, 0.25) is 0 Å². The number of benzene rings is 1. The molecule has 0 aliphatic heterocycles. The van der Waals surface area contributed by atoms with Crippen molar-refractivity contribution in [3.8, 4) is 5.75 Å². The van der Waals surface area contributed by atoms with Crippen LogP contribution in [0.1, 0.15) is 0 Å². The highest BCUT2D eigenvalue weighted by atomic mass is 16.5. The molecule has 0 bridgehead atoms. The quantitative estimate of drug-likeness (QED) is 0.582. The summed E-state index contributed by atoms with van der Waals surface area (Å²) in [6, 6.07) is 5.29. The monoisotopic (exact) mass is 221 g/mol. The summed E-state index contributed by atoms with van der Waals surface area (Å²) in [6.45, 7) is 1.45. The Balaban J connectivity index is 2.37. The molecule has 0 saturated carbocycles. The lowest BCUT2D eigenvalue weighted by Crippen LogP contribution is -2.10. The molecule has 1 aromatic rings. The molecule has 0 fully saturated rings. The highest BCUT2D eigenvalue weighted by Gasteiger charge is 1.96. The molecule has 0 saturated heterocycles. The predicted octanol–water partition coefficient (Wildman–Crippen LogP) is 1.35. The molecule has 0 radical (unpaired) electrons. The Morgan fingerprint density at radius 1 is 1.19 bits per heavy atom. The molecule has 16 heavy (non-hydrogen) atoms. The van der Waals surface area contributed by atoms with Crippen LogP contribution in [0.15, 0.2) is 30.4 Å². The van der Waals surface area contributed by atoms with Crippen molar-refractivity contribution in [3.63, 3.8) is 0 Å². The second-order valence-corrected chi connectivity index (χ2v) is 3.84. The molecular formula is C12H19N3O. The van der Waals surface area contributed by atoms with Crippen LogP contribution >= 0.6 is 0 Å². The Labute approximate surface area is 96.5 Å². The maximum absolute atomic E-state index is 5.66. The first-order chi connectivity index (χ1) is 7.59. The number of likely N-dealkylation sites (N-methyl/N-ethyl adjacent to an activating group) is 1. The van der Waals surface area contributed by atoms with Crippen LogP contribution in [-0.2, 0) is 0 Å². The number of anilines is 2. The molecule has 0 amide bonds. The number of nitrogen functional groups attached to an aromatic ring is 2. The zero-order valence-corrected chi connectivity index (χ0v) is 9.81. The van der Waals surface area contributed by atoms with Crippen molar-refractivity contribution < 1.29 is 4.74 Å². The number of hydrogen-bond donors (Lipinski definition) is 2. The van der Waals surface area contributed by atoms with E-state index in [9.17, 15) is 0 Å². The average molecular weight is 221 g/mol. The molecule has 0 unspecified atom stereocenters. The standard InChI is InChI=1S/C12H19N3O/c1-15(2)7-3-4-8-16-10-5-6-11(13)12(14)9-10/h3-6,9H,7-8,13-14H2,1-2H3/b4-3-. The lowest BCUT2D eigenvalue weighted by atomic mass is 10.2. The molecule has 0 aliphatic rings. The van der Waals surface area contributed by atoms with E-state index in [4.69, 9.17) is 16.2 Å². The van der Waals surface area contributed by atoms with Gasteiger partial charge in [0, 0.05) is 12.6 Å². The number of hydrogen-bond acceptors (Lipinski definition) is 4. The van der Waals surface area contributed by atoms with E-state index >= 15 is 0 Å². The molecule has 0 aliphatic carbocycles. The van der Waals surface area contributed by atoms with Crippen molar-refractivity contribution in [1.29, 1.82) is 0 Å². The number of nitrogens with two attached hydrogens (primary N) is 2. The first-order valence-corrected chi connectivity index (χ1v) is 5.17. The third-order valence-corrected chi connectivity index (χ3v) is 2.04. The minimum absolute atomic E-state index is 0.539. The molecule has 4 nitrogen and oxygen atoms in total. The summed E-state index contributed by atoms with van der Waals surface area (Å²) in [4.78, 5) is 2.08. The van der Waals surface area contributed by atoms with Crippen molar-refractivity contribution in [2.45, 2.75) is 0 Å². The lowest BCUT2D eigenvalue weighted by Gasteiger charge is -2.06. The highest BCUT2D eigenvalue weighted by Crippen LogP contribution is 2.21. The Bertz CT molecular complexity index is 361. The van der Waals surface area contributed by atoms with E-state index in [1.165, 1.54) is 0 Å². The van der Waals surface area contributed by atoms with E-state index in [1.807, 2.05) is 26.2 Å². The second kappa shape index (κ2) is 6.02. The van der Waals surface area contributed by atoms with Gasteiger partial charge in [-0.1, -0.05) is 12.2 Å². The van der Waals surface area contributed by atoms with Crippen molar-refractivity contribution in [3.05, 3.63) is 30.4 Å². The van der Waals surface area contributed by atoms with Crippen LogP contribution in [0.2, 0.25) is 0 Å². The summed E-state index contributed by atoms with van der Waals surface area (Å²) in [5.41, 5.74) is 12.4. The van der Waals surface area contributed by atoms with Gasteiger partial charge in [0.05, 0.1) is 11.4 Å². The summed E-state index contributed by atoms with van der Waals surface area (Å²) in [5.74, 6) is 0.737. The van der Waals surface area contributed by atoms with Crippen LogP contribution in [-0.4, -0.2) is 32.1 Å². The van der Waals surface area contributed by atoms with Gasteiger partial charge in [0.15, 0.2) is 0 Å². The van der Waals surface area contributed by atoms with Crippen molar-refractivity contribution >= 4 is 11.4 Å². The van der Waals surface area contributed by atoms with Gasteiger partial charge in [0.1, 0.15) is 12.4 Å². The van der Waals surface area contributed by atoms with E-state index in [2.05, 4.69) is 11.0 Å². The van der Waals surface area contributed by atoms with Crippen LogP contribution in [0.25, 0.3) is 0 Å². The fourth-order valence-electron chi connectivity index (χ4n) is 1.14. The normalized spacial score (nSPS) is 11.2. The van der Waals surface area contributed by atoms with Crippen LogP contribution in [0.5, 0.6) is 5.75 Å². The van der Waals surface area contributed by atoms with Gasteiger partial charge in [-0.25, -0.2) is 0 Å². The second-order valence-electron chi connectivity index (χ2n) is 3.84. The molecule has 1 aromatic carbocycles. The largest absolute Gasteiger partial charge is 0.489 e. The minimum atomic E-state index is 0.539. The van der Waals surface area contributed by atoms with E-state index in [1.54, 1.807) is 12.1 Å². The Hall–Kier alpha value is -1.68. The average Bonchev–Trinajstić information content (AvgIpc) is 2.22. The van der Waals surface area contributed by atoms with Crippen molar-refractivity contribution in [1.82, 2.24) is 4.90 Å². The fourth-order valence-corrected chi connectivity index (χ4v) is 1.14. The molecule has 0 atom stereocenters. The van der Waals surface area contributed by atoms with E-state index in [0.717, 1.165) is 12.3 Å². The smallest absolute Gasteiger partial charge is 0.121 e. The van der Waals surface area contributed by atoms with Crippen LogP contribution in [0, 0.1) is 0 Å². The maximum atomic E-state index is 5.66. The lowest BCUT2D eigenvalue weighted by molar-refractivity contribution is 0.361. The first kappa shape index (κ1) is 12.4. The van der Waals surface area contributed by atoms with E-state index < -0.39 is 0 Å². The molecule has 0 spiro atoms. The summed E-state index contributed by atoms with van der Waals surface area (Å²) < 4.78 is 5.48. The maximum Gasteiger partial charge on any atom is 0.121 e. The molecule has 0 aromatic heterocycles. The third kappa shape index (κ3) is 4.23. The topological polar surface area (TPSA) is 64.5 Å². The van der Waals surface area contributed by atoms with Crippen molar-refractivity contribution in [2.24, 2.45) is 0 Å². The number of nitrogens with zero attached hydrogens (tertiary/aromatic N) is 1.